The Morgan fingerprint density at radius 3 is 1.73 bits per heavy atom. The van der Waals surface area contributed by atoms with Crippen molar-refractivity contribution in [1.82, 2.24) is 5.01 Å². The highest BCUT2D eigenvalue weighted by atomic mass is 35.5. The number of nitrogens with two attached hydrogens (primary N) is 1. The van der Waals surface area contributed by atoms with Crippen LogP contribution in [0, 0.1) is 0 Å². The summed E-state index contributed by atoms with van der Waals surface area (Å²) < 4.78 is 0. The summed E-state index contributed by atoms with van der Waals surface area (Å²) >= 11 is 0. The third-order valence-corrected chi connectivity index (χ3v) is 2.75. The van der Waals surface area contributed by atoms with Gasteiger partial charge in [-0.2, -0.15) is 0 Å². The number of halogens is 2. The van der Waals surface area contributed by atoms with Crippen LogP contribution >= 0.6 is 24.8 Å². The Morgan fingerprint density at radius 1 is 0.909 bits per heavy atom. The first-order chi connectivity index (χ1) is 4.38. The van der Waals surface area contributed by atoms with E-state index in [1.165, 1.54) is 32.1 Å². The molecule has 0 aromatic heterocycles. The van der Waals surface area contributed by atoms with Gasteiger partial charge >= 0.3 is 0 Å². The molecule has 0 aromatic carbocycles. The Morgan fingerprint density at radius 2 is 1.36 bits per heavy atom. The first-order valence-electron chi connectivity index (χ1n) is 3.91. The van der Waals surface area contributed by atoms with Gasteiger partial charge in [0.15, 0.2) is 0 Å². The molecule has 2 fully saturated rings. The predicted octanol–water partition coefficient (Wildman–Crippen LogP) is 1.72. The smallest absolute Gasteiger partial charge is 0.0244 e. The van der Waals surface area contributed by atoms with E-state index < -0.39 is 0 Å². The molecule has 2 aliphatic rings. The van der Waals surface area contributed by atoms with Crippen molar-refractivity contribution in [3.8, 4) is 0 Å². The lowest BCUT2D eigenvalue weighted by atomic mass is 10.1. The van der Waals surface area contributed by atoms with Crippen molar-refractivity contribution in [3.05, 3.63) is 0 Å². The van der Waals surface area contributed by atoms with Crippen LogP contribution in [0.2, 0.25) is 0 Å². The third-order valence-electron chi connectivity index (χ3n) is 2.75. The minimum atomic E-state index is 0. The fourth-order valence-electron chi connectivity index (χ4n) is 2.16. The number of fused-ring (bicyclic) bond motifs is 2. The molecule has 0 aliphatic carbocycles. The minimum Gasteiger partial charge on any atom is -0.268 e. The van der Waals surface area contributed by atoms with E-state index in [2.05, 4.69) is 5.01 Å². The molecule has 0 aromatic rings. The molecule has 0 radical (unpaired) electrons. The second-order valence-electron chi connectivity index (χ2n) is 3.26. The third kappa shape index (κ3) is 2.00. The maximum absolute atomic E-state index is 5.82. The maximum atomic E-state index is 5.82. The Kier molecular flexibility index (Phi) is 4.71. The minimum absolute atomic E-state index is 0. The van der Waals surface area contributed by atoms with E-state index in [0.29, 0.717) is 0 Å². The van der Waals surface area contributed by atoms with Gasteiger partial charge in [0.05, 0.1) is 0 Å². The standard InChI is InChI=1S/C7H14N2.2ClH/c8-9-6-2-1-3-7(9)5-4-6;;/h6-7H,1-5,8H2;2*1H. The van der Waals surface area contributed by atoms with Crippen molar-refractivity contribution in [1.29, 1.82) is 0 Å². The Labute approximate surface area is 80.3 Å². The van der Waals surface area contributed by atoms with Gasteiger partial charge in [0.1, 0.15) is 0 Å². The number of hydrogen-bond donors (Lipinski definition) is 1. The first kappa shape index (κ1) is 11.5. The van der Waals surface area contributed by atoms with Crippen molar-refractivity contribution >= 4 is 24.8 Å². The topological polar surface area (TPSA) is 29.3 Å². The Hall–Kier alpha value is 0.500. The molecule has 2 rings (SSSR count). The Bertz CT molecular complexity index is 105. The van der Waals surface area contributed by atoms with Crippen LogP contribution in [0.5, 0.6) is 0 Å². The maximum Gasteiger partial charge on any atom is 0.0244 e. The van der Waals surface area contributed by atoms with Crippen LogP contribution in [0.15, 0.2) is 0 Å². The molecule has 2 N–H and O–H groups in total. The van der Waals surface area contributed by atoms with E-state index in [1.807, 2.05) is 0 Å². The zero-order valence-electron chi connectivity index (χ0n) is 6.53. The van der Waals surface area contributed by atoms with Crippen LogP contribution in [0.1, 0.15) is 32.1 Å². The molecule has 11 heavy (non-hydrogen) atoms. The van der Waals surface area contributed by atoms with E-state index in [-0.39, 0.29) is 24.8 Å². The number of hydrazine groups is 1. The molecule has 2 atom stereocenters. The van der Waals surface area contributed by atoms with Crippen molar-refractivity contribution in [2.75, 3.05) is 0 Å². The van der Waals surface area contributed by atoms with Crippen LogP contribution < -0.4 is 5.84 Å². The molecule has 0 spiro atoms. The lowest BCUT2D eigenvalue weighted by molar-refractivity contribution is 0.143. The average Bonchev–Trinajstić information content (AvgIpc) is 2.19. The van der Waals surface area contributed by atoms with Gasteiger partial charge in [-0.1, -0.05) is 6.42 Å². The van der Waals surface area contributed by atoms with Crippen molar-refractivity contribution < 1.29 is 0 Å². The van der Waals surface area contributed by atoms with E-state index in [4.69, 9.17) is 5.84 Å². The highest BCUT2D eigenvalue weighted by molar-refractivity contribution is 5.85. The van der Waals surface area contributed by atoms with Crippen LogP contribution in [0.3, 0.4) is 0 Å². The lowest BCUT2D eigenvalue weighted by Crippen LogP contribution is -2.44. The molecule has 68 valence electrons. The molecular formula is C7H16Cl2N2. The molecule has 2 nitrogen and oxygen atoms in total. The fourth-order valence-corrected chi connectivity index (χ4v) is 2.16. The fraction of sp³-hybridized carbons (Fsp3) is 1.00. The van der Waals surface area contributed by atoms with E-state index in [1.54, 1.807) is 0 Å². The lowest BCUT2D eigenvalue weighted by Gasteiger charge is -2.29. The van der Waals surface area contributed by atoms with Gasteiger partial charge in [0.2, 0.25) is 0 Å². The molecular weight excluding hydrogens is 183 g/mol. The molecule has 2 saturated heterocycles. The number of rotatable bonds is 0. The monoisotopic (exact) mass is 198 g/mol. The van der Waals surface area contributed by atoms with E-state index in [0.717, 1.165) is 12.1 Å². The summed E-state index contributed by atoms with van der Waals surface area (Å²) in [5.74, 6) is 5.82. The summed E-state index contributed by atoms with van der Waals surface area (Å²) in [7, 11) is 0. The molecule has 0 saturated carbocycles. The molecule has 0 amide bonds. The summed E-state index contributed by atoms with van der Waals surface area (Å²) in [6.45, 7) is 0. The summed E-state index contributed by atoms with van der Waals surface area (Å²) in [4.78, 5) is 0. The van der Waals surface area contributed by atoms with Gasteiger partial charge < -0.3 is 0 Å². The largest absolute Gasteiger partial charge is 0.268 e. The van der Waals surface area contributed by atoms with Gasteiger partial charge in [-0.05, 0) is 25.7 Å². The normalized spacial score (nSPS) is 35.7. The molecule has 4 heteroatoms. The number of piperidine rings is 1. The summed E-state index contributed by atoms with van der Waals surface area (Å²) in [5.41, 5.74) is 0. The van der Waals surface area contributed by atoms with Gasteiger partial charge in [-0.3, -0.25) is 5.84 Å². The summed E-state index contributed by atoms with van der Waals surface area (Å²) in [5, 5.41) is 2.09. The van der Waals surface area contributed by atoms with Gasteiger partial charge in [-0.25, -0.2) is 5.01 Å². The predicted molar refractivity (Wildman–Crippen MR) is 51.2 cm³/mol. The second-order valence-corrected chi connectivity index (χ2v) is 3.26. The van der Waals surface area contributed by atoms with E-state index >= 15 is 0 Å². The zero-order valence-corrected chi connectivity index (χ0v) is 8.16. The van der Waals surface area contributed by atoms with Gasteiger partial charge in [-0.15, -0.1) is 24.8 Å². The highest BCUT2D eigenvalue weighted by Gasteiger charge is 2.33. The SMILES string of the molecule is Cl.Cl.NN1C2CCCC1CC2. The second kappa shape index (κ2) is 4.51. The number of nitrogens with zero attached hydrogens (tertiary/aromatic N) is 1. The van der Waals surface area contributed by atoms with Gasteiger partial charge in [0, 0.05) is 12.1 Å². The average molecular weight is 199 g/mol. The molecule has 2 aliphatic heterocycles. The summed E-state index contributed by atoms with van der Waals surface area (Å²) in [6.07, 6.45) is 6.78. The van der Waals surface area contributed by atoms with Crippen molar-refractivity contribution in [2.24, 2.45) is 5.84 Å². The Balaban J connectivity index is 0.000000500. The van der Waals surface area contributed by atoms with Gasteiger partial charge in [0.25, 0.3) is 0 Å². The number of hydrogen-bond acceptors (Lipinski definition) is 2. The molecule has 2 bridgehead atoms. The quantitative estimate of drug-likeness (QED) is 0.602. The van der Waals surface area contributed by atoms with Crippen LogP contribution in [0.25, 0.3) is 0 Å². The van der Waals surface area contributed by atoms with E-state index in [9.17, 15) is 0 Å². The molecule has 2 unspecified atom stereocenters. The van der Waals surface area contributed by atoms with Crippen LogP contribution in [-0.2, 0) is 0 Å². The summed E-state index contributed by atoms with van der Waals surface area (Å²) in [6, 6.07) is 1.48. The van der Waals surface area contributed by atoms with Crippen LogP contribution in [-0.4, -0.2) is 17.1 Å². The van der Waals surface area contributed by atoms with Crippen molar-refractivity contribution in [3.63, 3.8) is 0 Å². The highest BCUT2D eigenvalue weighted by Crippen LogP contribution is 2.32. The molecule has 2 heterocycles. The zero-order chi connectivity index (χ0) is 6.27. The first-order valence-corrected chi connectivity index (χ1v) is 3.91. The van der Waals surface area contributed by atoms with Crippen LogP contribution in [0.4, 0.5) is 0 Å². The van der Waals surface area contributed by atoms with Crippen molar-refractivity contribution in [2.45, 2.75) is 44.2 Å².